The molecule has 5 heteroatoms. The van der Waals surface area contributed by atoms with Crippen LogP contribution < -0.4 is 5.32 Å². The van der Waals surface area contributed by atoms with E-state index in [1.54, 1.807) is 4.90 Å². The van der Waals surface area contributed by atoms with Gasteiger partial charge >= 0.3 is 12.0 Å². The Hall–Kier alpha value is -1.52. The summed E-state index contributed by atoms with van der Waals surface area (Å²) in [6, 6.07) is -0.0471. The summed E-state index contributed by atoms with van der Waals surface area (Å²) in [7, 11) is 0. The number of nitrogens with one attached hydrogen (secondary N) is 1. The number of hydrogen-bond donors (Lipinski definition) is 2. The number of carbonyl (C=O) groups excluding carboxylic acids is 1. The van der Waals surface area contributed by atoms with Crippen LogP contribution in [-0.4, -0.2) is 41.6 Å². The van der Waals surface area contributed by atoms with Crippen LogP contribution in [0, 0.1) is 11.3 Å². The number of aliphatic carboxylic acids is 1. The molecule has 5 nitrogen and oxygen atoms in total. The number of hydrogen-bond acceptors (Lipinski definition) is 2. The zero-order valence-corrected chi connectivity index (χ0v) is 12.6. The number of carboxylic acids is 1. The number of nitrogens with zero attached hydrogens (tertiary/aromatic N) is 1. The lowest BCUT2D eigenvalue weighted by Gasteiger charge is -2.33. The smallest absolute Gasteiger partial charge is 0.317 e. The zero-order valence-electron chi connectivity index (χ0n) is 12.6. The van der Waals surface area contributed by atoms with Crippen molar-refractivity contribution in [2.24, 2.45) is 11.3 Å². The van der Waals surface area contributed by atoms with Gasteiger partial charge in [-0.2, -0.15) is 0 Å². The first-order valence-electron chi connectivity index (χ1n) is 7.93. The van der Waals surface area contributed by atoms with Crippen LogP contribution in [-0.2, 0) is 4.79 Å². The Labute approximate surface area is 126 Å². The van der Waals surface area contributed by atoms with Crippen molar-refractivity contribution in [2.75, 3.05) is 19.6 Å². The molecule has 0 aromatic carbocycles. The van der Waals surface area contributed by atoms with E-state index in [1.165, 1.54) is 12.8 Å². The van der Waals surface area contributed by atoms with E-state index >= 15 is 0 Å². The van der Waals surface area contributed by atoms with Crippen molar-refractivity contribution >= 4 is 12.0 Å². The largest absolute Gasteiger partial charge is 0.481 e. The number of likely N-dealkylation sites (tertiary alicyclic amines) is 1. The Bertz CT molecular complexity index is 394. The van der Waals surface area contributed by atoms with Gasteiger partial charge in [-0.25, -0.2) is 4.79 Å². The van der Waals surface area contributed by atoms with E-state index in [0.29, 0.717) is 32.5 Å². The minimum absolute atomic E-state index is 0.0471. The van der Waals surface area contributed by atoms with Crippen LogP contribution in [0.25, 0.3) is 0 Å². The van der Waals surface area contributed by atoms with Crippen LogP contribution >= 0.6 is 0 Å². The van der Waals surface area contributed by atoms with Crippen LogP contribution in [0.1, 0.15) is 44.9 Å². The summed E-state index contributed by atoms with van der Waals surface area (Å²) in [5.74, 6) is -1.04. The Balaban J connectivity index is 1.79. The van der Waals surface area contributed by atoms with Gasteiger partial charge in [0.25, 0.3) is 0 Å². The van der Waals surface area contributed by atoms with Gasteiger partial charge in [0.05, 0.1) is 5.92 Å². The first-order valence-corrected chi connectivity index (χ1v) is 7.93. The molecule has 0 radical (unpaired) electrons. The van der Waals surface area contributed by atoms with Crippen LogP contribution in [0.5, 0.6) is 0 Å². The van der Waals surface area contributed by atoms with Gasteiger partial charge < -0.3 is 15.3 Å². The molecule has 0 unspecified atom stereocenters. The summed E-state index contributed by atoms with van der Waals surface area (Å²) in [5, 5.41) is 12.0. The van der Waals surface area contributed by atoms with Gasteiger partial charge in [-0.3, -0.25) is 4.79 Å². The maximum atomic E-state index is 12.2. The van der Waals surface area contributed by atoms with Gasteiger partial charge in [0.2, 0.25) is 0 Å². The van der Waals surface area contributed by atoms with Gasteiger partial charge in [0, 0.05) is 19.6 Å². The Morgan fingerprint density at radius 3 is 2.43 bits per heavy atom. The molecule has 0 atom stereocenters. The number of rotatable bonds is 5. The number of carboxylic acid groups (broad SMARTS) is 1. The molecule has 21 heavy (non-hydrogen) atoms. The van der Waals surface area contributed by atoms with Crippen molar-refractivity contribution in [1.82, 2.24) is 10.2 Å². The highest BCUT2D eigenvalue weighted by Gasteiger charge is 2.34. The minimum atomic E-state index is -0.744. The fraction of sp³-hybridized carbons (Fsp3) is 0.750. The van der Waals surface area contributed by atoms with Crippen molar-refractivity contribution in [3.8, 4) is 0 Å². The van der Waals surface area contributed by atoms with E-state index in [2.05, 4.69) is 11.9 Å². The first kappa shape index (κ1) is 15.9. The minimum Gasteiger partial charge on any atom is -0.481 e. The second kappa shape index (κ2) is 6.96. The fourth-order valence-electron chi connectivity index (χ4n) is 3.59. The molecule has 2 rings (SSSR count). The standard InChI is InChI=1S/C16H26N2O3/c1-2-7-16(8-3-4-9-16)12-17-15(21)18-10-5-13(6-11-18)14(19)20/h2,13H,1,3-12H2,(H,17,21)(H,19,20). The number of amides is 2. The van der Waals surface area contributed by atoms with Crippen LogP contribution in [0.2, 0.25) is 0 Å². The van der Waals surface area contributed by atoms with Crippen LogP contribution in [0.15, 0.2) is 12.7 Å². The summed E-state index contributed by atoms with van der Waals surface area (Å²) in [6.45, 7) is 5.62. The Morgan fingerprint density at radius 1 is 1.29 bits per heavy atom. The predicted molar refractivity (Wildman–Crippen MR) is 81.0 cm³/mol. The summed E-state index contributed by atoms with van der Waals surface area (Å²) in [6.07, 6.45) is 8.79. The zero-order chi connectivity index (χ0) is 15.3. The fourth-order valence-corrected chi connectivity index (χ4v) is 3.59. The number of carbonyl (C=O) groups is 2. The lowest BCUT2D eigenvalue weighted by atomic mass is 9.82. The summed E-state index contributed by atoms with van der Waals surface area (Å²) >= 11 is 0. The molecule has 1 saturated carbocycles. The SMILES string of the molecule is C=CCC1(CNC(=O)N2CCC(C(=O)O)CC2)CCCC1. The summed E-state index contributed by atoms with van der Waals surface area (Å²) < 4.78 is 0. The molecule has 0 aromatic rings. The van der Waals surface area contributed by atoms with E-state index < -0.39 is 5.97 Å². The third-order valence-corrected chi connectivity index (χ3v) is 4.99. The molecule has 1 aliphatic heterocycles. The lowest BCUT2D eigenvalue weighted by Crippen LogP contribution is -2.48. The van der Waals surface area contributed by atoms with E-state index in [1.807, 2.05) is 6.08 Å². The molecular formula is C16H26N2O3. The van der Waals surface area contributed by atoms with Gasteiger partial charge in [0.1, 0.15) is 0 Å². The van der Waals surface area contributed by atoms with Gasteiger partial charge in [-0.15, -0.1) is 6.58 Å². The highest BCUT2D eigenvalue weighted by Crippen LogP contribution is 2.40. The second-order valence-corrected chi connectivity index (χ2v) is 6.46. The Morgan fingerprint density at radius 2 is 1.90 bits per heavy atom. The molecular weight excluding hydrogens is 268 g/mol. The monoisotopic (exact) mass is 294 g/mol. The van der Waals surface area contributed by atoms with Gasteiger partial charge in [-0.05, 0) is 37.5 Å². The van der Waals surface area contributed by atoms with Crippen LogP contribution in [0.4, 0.5) is 4.79 Å². The van der Waals surface area contributed by atoms with Crippen LogP contribution in [0.3, 0.4) is 0 Å². The van der Waals surface area contributed by atoms with Crippen molar-refractivity contribution in [3.05, 3.63) is 12.7 Å². The second-order valence-electron chi connectivity index (χ2n) is 6.46. The molecule has 1 heterocycles. The van der Waals surface area contributed by atoms with Gasteiger partial charge in [0.15, 0.2) is 0 Å². The maximum absolute atomic E-state index is 12.2. The quantitative estimate of drug-likeness (QED) is 0.766. The van der Waals surface area contributed by atoms with E-state index in [9.17, 15) is 9.59 Å². The molecule has 0 bridgehead atoms. The van der Waals surface area contributed by atoms with E-state index in [4.69, 9.17) is 5.11 Å². The highest BCUT2D eigenvalue weighted by atomic mass is 16.4. The third kappa shape index (κ3) is 3.99. The third-order valence-electron chi connectivity index (χ3n) is 4.99. The Kier molecular flexibility index (Phi) is 5.26. The lowest BCUT2D eigenvalue weighted by molar-refractivity contribution is -0.143. The maximum Gasteiger partial charge on any atom is 0.317 e. The highest BCUT2D eigenvalue weighted by molar-refractivity contribution is 5.75. The topological polar surface area (TPSA) is 69.6 Å². The first-order chi connectivity index (χ1) is 10.1. The number of piperidine rings is 1. The van der Waals surface area contributed by atoms with E-state index in [0.717, 1.165) is 19.3 Å². The van der Waals surface area contributed by atoms with Crippen molar-refractivity contribution in [3.63, 3.8) is 0 Å². The molecule has 118 valence electrons. The van der Waals surface area contributed by atoms with Crippen molar-refractivity contribution in [2.45, 2.75) is 44.9 Å². The molecule has 0 aromatic heterocycles. The van der Waals surface area contributed by atoms with E-state index in [-0.39, 0.29) is 17.4 Å². The molecule has 1 saturated heterocycles. The summed E-state index contributed by atoms with van der Waals surface area (Å²) in [5.41, 5.74) is 0.191. The molecule has 2 aliphatic rings. The number of allylic oxidation sites excluding steroid dienone is 1. The molecule has 0 spiro atoms. The summed E-state index contributed by atoms with van der Waals surface area (Å²) in [4.78, 5) is 24.9. The molecule has 1 aliphatic carbocycles. The predicted octanol–water partition coefficient (Wildman–Crippen LogP) is 2.63. The average molecular weight is 294 g/mol. The van der Waals surface area contributed by atoms with Crippen molar-refractivity contribution in [1.29, 1.82) is 0 Å². The molecule has 2 N–H and O–H groups in total. The molecule has 2 amide bonds. The normalized spacial score (nSPS) is 22.0. The molecule has 2 fully saturated rings. The van der Waals surface area contributed by atoms with Gasteiger partial charge in [-0.1, -0.05) is 18.9 Å². The average Bonchev–Trinajstić information content (AvgIpc) is 2.94. The number of urea groups is 1. The van der Waals surface area contributed by atoms with Crippen molar-refractivity contribution < 1.29 is 14.7 Å².